The predicted octanol–water partition coefficient (Wildman–Crippen LogP) is 3.91. The topological polar surface area (TPSA) is 126 Å². The number of amides is 1. The fourth-order valence-corrected chi connectivity index (χ4v) is 5.65. The molecule has 8 nitrogen and oxygen atoms in total. The number of furan rings is 1. The summed E-state index contributed by atoms with van der Waals surface area (Å²) in [6.45, 7) is 0.396. The van der Waals surface area contributed by atoms with E-state index < -0.39 is 22.0 Å². The van der Waals surface area contributed by atoms with E-state index in [1.807, 2.05) is 35.7 Å². The van der Waals surface area contributed by atoms with Crippen molar-refractivity contribution < 1.29 is 27.5 Å². The Morgan fingerprint density at radius 3 is 2.56 bits per heavy atom. The van der Waals surface area contributed by atoms with Gasteiger partial charge >= 0.3 is 5.97 Å². The molecule has 1 amide bonds. The second-order valence-corrected chi connectivity index (χ2v) is 10.6. The standard InChI is InChI=1S/C24H24N2O6S2/c27-23(14-16-6-5-13-33-16)25-12-4-3-8-20(24(28)29)26-34(30,31)17-10-11-22-19(15-17)18-7-1-2-9-21(18)32-22/h1-2,5-7,9-11,13,15,20,26H,3-4,8,12,14H2,(H,25,27)(H,28,29). The van der Waals surface area contributed by atoms with Crippen molar-refractivity contribution in [2.24, 2.45) is 0 Å². The van der Waals surface area contributed by atoms with Crippen molar-refractivity contribution in [2.75, 3.05) is 6.54 Å². The molecule has 0 fully saturated rings. The van der Waals surface area contributed by atoms with Gasteiger partial charge in [0.2, 0.25) is 15.9 Å². The van der Waals surface area contributed by atoms with E-state index in [0.717, 1.165) is 10.3 Å². The molecule has 4 rings (SSSR count). The molecule has 34 heavy (non-hydrogen) atoms. The summed E-state index contributed by atoms with van der Waals surface area (Å²) in [6.07, 6.45) is 1.39. The minimum absolute atomic E-state index is 0.0290. The molecule has 0 saturated heterocycles. The Morgan fingerprint density at radius 2 is 1.79 bits per heavy atom. The summed E-state index contributed by atoms with van der Waals surface area (Å²) < 4.78 is 33.9. The first-order valence-electron chi connectivity index (χ1n) is 10.8. The Morgan fingerprint density at radius 1 is 1.00 bits per heavy atom. The molecule has 0 radical (unpaired) electrons. The quantitative estimate of drug-likeness (QED) is 0.268. The van der Waals surface area contributed by atoms with Crippen molar-refractivity contribution in [3.05, 3.63) is 64.9 Å². The number of aliphatic carboxylic acids is 1. The van der Waals surface area contributed by atoms with E-state index in [9.17, 15) is 23.1 Å². The average Bonchev–Trinajstić information content (AvgIpc) is 3.44. The van der Waals surface area contributed by atoms with Crippen LogP contribution in [-0.4, -0.2) is 38.0 Å². The molecule has 0 aliphatic rings. The number of fused-ring (bicyclic) bond motifs is 3. The van der Waals surface area contributed by atoms with Gasteiger partial charge in [-0.15, -0.1) is 11.3 Å². The van der Waals surface area contributed by atoms with E-state index in [-0.39, 0.29) is 17.2 Å². The number of unbranched alkanes of at least 4 members (excludes halogenated alkanes) is 1. The second kappa shape index (κ2) is 10.4. The molecule has 0 bridgehead atoms. The van der Waals surface area contributed by atoms with Crippen LogP contribution < -0.4 is 10.0 Å². The van der Waals surface area contributed by atoms with Crippen LogP contribution in [0.5, 0.6) is 0 Å². The van der Waals surface area contributed by atoms with Crippen LogP contribution in [0.4, 0.5) is 0 Å². The lowest BCUT2D eigenvalue weighted by Gasteiger charge is -2.15. The number of hydrogen-bond donors (Lipinski definition) is 3. The SMILES string of the molecule is O=C(Cc1cccs1)NCCCCC(NS(=O)(=O)c1ccc2oc3ccccc3c2c1)C(=O)O. The number of carboxylic acid groups (broad SMARTS) is 1. The molecule has 0 saturated carbocycles. The fraction of sp³-hybridized carbons (Fsp3) is 0.250. The summed E-state index contributed by atoms with van der Waals surface area (Å²) in [5.74, 6) is -1.35. The van der Waals surface area contributed by atoms with Crippen LogP contribution in [0.15, 0.2) is 69.3 Å². The third kappa shape index (κ3) is 5.64. The van der Waals surface area contributed by atoms with Gasteiger partial charge in [-0.3, -0.25) is 9.59 Å². The van der Waals surface area contributed by atoms with Crippen molar-refractivity contribution in [2.45, 2.75) is 36.6 Å². The summed E-state index contributed by atoms with van der Waals surface area (Å²) >= 11 is 1.51. The number of para-hydroxylation sites is 1. The van der Waals surface area contributed by atoms with Gasteiger partial charge in [-0.2, -0.15) is 4.72 Å². The molecule has 0 spiro atoms. The lowest BCUT2D eigenvalue weighted by Crippen LogP contribution is -2.40. The monoisotopic (exact) mass is 500 g/mol. The molecule has 2 heterocycles. The lowest BCUT2D eigenvalue weighted by atomic mass is 10.1. The van der Waals surface area contributed by atoms with Crippen LogP contribution >= 0.6 is 11.3 Å². The van der Waals surface area contributed by atoms with Gasteiger partial charge in [0.1, 0.15) is 17.2 Å². The number of hydrogen-bond acceptors (Lipinski definition) is 6. The average molecular weight is 501 g/mol. The minimum Gasteiger partial charge on any atom is -0.480 e. The van der Waals surface area contributed by atoms with E-state index in [1.54, 1.807) is 12.1 Å². The molecular formula is C24H24N2O6S2. The third-order valence-electron chi connectivity index (χ3n) is 5.41. The molecule has 2 aromatic carbocycles. The molecular weight excluding hydrogens is 476 g/mol. The fourth-order valence-electron chi connectivity index (χ4n) is 3.70. The highest BCUT2D eigenvalue weighted by Gasteiger charge is 2.25. The number of sulfonamides is 1. The number of thiophene rings is 1. The normalized spacial score (nSPS) is 12.7. The lowest BCUT2D eigenvalue weighted by molar-refractivity contribution is -0.139. The van der Waals surface area contributed by atoms with Gasteiger partial charge < -0.3 is 14.8 Å². The first-order valence-corrected chi connectivity index (χ1v) is 13.2. The maximum absolute atomic E-state index is 12.9. The number of nitrogens with one attached hydrogen (secondary N) is 2. The minimum atomic E-state index is -4.07. The first-order chi connectivity index (χ1) is 16.3. The predicted molar refractivity (Wildman–Crippen MR) is 130 cm³/mol. The van der Waals surface area contributed by atoms with Crippen molar-refractivity contribution in [1.29, 1.82) is 0 Å². The van der Waals surface area contributed by atoms with Crippen LogP contribution in [0.3, 0.4) is 0 Å². The van der Waals surface area contributed by atoms with E-state index in [2.05, 4.69) is 10.0 Å². The van der Waals surface area contributed by atoms with Crippen LogP contribution in [0.25, 0.3) is 21.9 Å². The van der Waals surface area contributed by atoms with Gasteiger partial charge in [0.05, 0.1) is 11.3 Å². The van der Waals surface area contributed by atoms with Gasteiger partial charge in [-0.1, -0.05) is 24.3 Å². The van der Waals surface area contributed by atoms with Crippen molar-refractivity contribution in [3.8, 4) is 0 Å². The Balaban J connectivity index is 1.34. The van der Waals surface area contributed by atoms with E-state index in [1.165, 1.54) is 23.5 Å². The number of carbonyl (C=O) groups is 2. The molecule has 0 aliphatic heterocycles. The zero-order chi connectivity index (χ0) is 24.1. The number of carboxylic acids is 1. The van der Waals surface area contributed by atoms with Gasteiger partial charge in [0.15, 0.2) is 0 Å². The van der Waals surface area contributed by atoms with Crippen LogP contribution in [0.2, 0.25) is 0 Å². The highest BCUT2D eigenvalue weighted by Crippen LogP contribution is 2.30. The summed E-state index contributed by atoms with van der Waals surface area (Å²) in [4.78, 5) is 24.6. The van der Waals surface area contributed by atoms with Crippen molar-refractivity contribution >= 4 is 55.2 Å². The molecule has 3 N–H and O–H groups in total. The molecule has 4 aromatic rings. The van der Waals surface area contributed by atoms with Crippen LogP contribution in [0, 0.1) is 0 Å². The Bertz CT molecular complexity index is 1410. The maximum atomic E-state index is 12.9. The van der Waals surface area contributed by atoms with E-state index >= 15 is 0 Å². The van der Waals surface area contributed by atoms with E-state index in [4.69, 9.17) is 4.42 Å². The highest BCUT2D eigenvalue weighted by atomic mass is 32.2. The summed E-state index contributed by atoms with van der Waals surface area (Å²) in [5.41, 5.74) is 1.20. The largest absolute Gasteiger partial charge is 0.480 e. The molecule has 2 aromatic heterocycles. The smallest absolute Gasteiger partial charge is 0.321 e. The zero-order valence-electron chi connectivity index (χ0n) is 18.2. The summed E-state index contributed by atoms with van der Waals surface area (Å²) in [7, 11) is -4.07. The second-order valence-electron chi connectivity index (χ2n) is 7.87. The molecule has 0 aliphatic carbocycles. The summed E-state index contributed by atoms with van der Waals surface area (Å²) in [5, 5.41) is 15.7. The molecule has 1 atom stereocenters. The Hall–Kier alpha value is -3.21. The zero-order valence-corrected chi connectivity index (χ0v) is 19.8. The molecule has 1 unspecified atom stereocenters. The van der Waals surface area contributed by atoms with Gasteiger partial charge in [-0.05, 0) is 55.0 Å². The third-order valence-corrected chi connectivity index (χ3v) is 7.76. The maximum Gasteiger partial charge on any atom is 0.321 e. The highest BCUT2D eigenvalue weighted by molar-refractivity contribution is 7.89. The van der Waals surface area contributed by atoms with E-state index in [0.29, 0.717) is 42.4 Å². The number of benzene rings is 2. The van der Waals surface area contributed by atoms with Crippen LogP contribution in [-0.2, 0) is 26.0 Å². The first kappa shape index (κ1) is 23.9. The van der Waals surface area contributed by atoms with Crippen molar-refractivity contribution in [3.63, 3.8) is 0 Å². The molecule has 10 heteroatoms. The molecule has 178 valence electrons. The van der Waals surface area contributed by atoms with Gasteiger partial charge in [0.25, 0.3) is 0 Å². The summed E-state index contributed by atoms with van der Waals surface area (Å²) in [6, 6.07) is 14.3. The van der Waals surface area contributed by atoms with Crippen LogP contribution in [0.1, 0.15) is 24.1 Å². The number of rotatable bonds is 11. The Labute approximate surface area is 200 Å². The van der Waals surface area contributed by atoms with Gasteiger partial charge in [-0.25, -0.2) is 8.42 Å². The van der Waals surface area contributed by atoms with Gasteiger partial charge in [0, 0.05) is 22.2 Å². The van der Waals surface area contributed by atoms with Crippen molar-refractivity contribution in [1.82, 2.24) is 10.0 Å². The Kier molecular flexibility index (Phi) is 7.30. The number of carbonyl (C=O) groups excluding carboxylic acids is 1.